The van der Waals surface area contributed by atoms with E-state index in [1.54, 1.807) is 30.3 Å². The molecule has 1 unspecified atom stereocenters. The number of anilines is 2. The molecular weight excluding hydrogens is 469 g/mol. The van der Waals surface area contributed by atoms with Gasteiger partial charge >= 0.3 is 0 Å². The van der Waals surface area contributed by atoms with Gasteiger partial charge in [0.15, 0.2) is 0 Å². The lowest BCUT2D eigenvalue weighted by atomic mass is 9.84. The Bertz CT molecular complexity index is 1030. The lowest BCUT2D eigenvalue weighted by Gasteiger charge is -2.34. The number of benzene rings is 1. The first-order valence-corrected chi connectivity index (χ1v) is 12.2. The van der Waals surface area contributed by atoms with Crippen molar-refractivity contribution in [2.24, 2.45) is 5.92 Å². The average Bonchev–Trinajstić information content (AvgIpc) is 2.92. The Hall–Kier alpha value is -3.02. The predicted molar refractivity (Wildman–Crippen MR) is 131 cm³/mol. The first-order valence-electron chi connectivity index (χ1n) is 12.2. The maximum atomic E-state index is 15.0. The van der Waals surface area contributed by atoms with E-state index < -0.39 is 11.9 Å². The van der Waals surface area contributed by atoms with Gasteiger partial charge in [0.1, 0.15) is 17.7 Å². The number of morpholine rings is 1. The number of likely N-dealkylation sites (N-methyl/N-ethyl adjacent to an activating group) is 1. The van der Waals surface area contributed by atoms with Crippen LogP contribution in [0.15, 0.2) is 24.4 Å². The first-order chi connectivity index (χ1) is 17.5. The summed E-state index contributed by atoms with van der Waals surface area (Å²) in [5, 5.41) is 6.33. The number of methoxy groups -OCH3 is 2. The van der Waals surface area contributed by atoms with Gasteiger partial charge in [0.05, 0.1) is 38.7 Å². The van der Waals surface area contributed by atoms with Crippen molar-refractivity contribution >= 4 is 18.0 Å². The van der Waals surface area contributed by atoms with E-state index in [-0.39, 0.29) is 18.6 Å². The van der Waals surface area contributed by atoms with Crippen LogP contribution in [-0.4, -0.2) is 81.0 Å². The van der Waals surface area contributed by atoms with Gasteiger partial charge in [-0.1, -0.05) is 0 Å². The lowest BCUT2D eigenvalue weighted by molar-refractivity contribution is -0.125. The number of nitrogens with zero attached hydrogens (tertiary/aromatic N) is 3. The van der Waals surface area contributed by atoms with Crippen molar-refractivity contribution in [3.05, 3.63) is 35.8 Å². The van der Waals surface area contributed by atoms with Crippen molar-refractivity contribution in [2.75, 3.05) is 52.9 Å². The summed E-state index contributed by atoms with van der Waals surface area (Å²) in [4.78, 5) is 21.4. The van der Waals surface area contributed by atoms with Crippen LogP contribution in [0.2, 0.25) is 0 Å². The molecule has 11 heteroatoms. The molecule has 1 aromatic carbocycles. The number of ether oxygens (including phenoxy) is 4. The number of rotatable bonds is 10. The lowest BCUT2D eigenvalue weighted by Crippen LogP contribution is -2.44. The second-order valence-corrected chi connectivity index (χ2v) is 9.04. The highest BCUT2D eigenvalue weighted by Crippen LogP contribution is 2.34. The van der Waals surface area contributed by atoms with Gasteiger partial charge in [0.25, 0.3) is 0 Å². The fraction of sp³-hybridized carbons (Fsp3) is 0.560. The number of amides is 1. The van der Waals surface area contributed by atoms with Crippen LogP contribution >= 0.6 is 0 Å². The Morgan fingerprint density at radius 3 is 2.92 bits per heavy atom. The Labute approximate surface area is 210 Å². The van der Waals surface area contributed by atoms with Crippen molar-refractivity contribution in [2.45, 2.75) is 37.5 Å². The zero-order valence-electron chi connectivity index (χ0n) is 20.9. The number of hydrogen-bond acceptors (Lipinski definition) is 9. The summed E-state index contributed by atoms with van der Waals surface area (Å²) in [6.45, 7) is 1.63. The summed E-state index contributed by atoms with van der Waals surface area (Å²) in [5.41, 5.74) is 0.691. The summed E-state index contributed by atoms with van der Waals surface area (Å²) >= 11 is 0. The van der Waals surface area contributed by atoms with E-state index in [0.29, 0.717) is 54.6 Å². The quantitative estimate of drug-likeness (QED) is 0.473. The number of halogens is 1. The molecule has 1 aliphatic heterocycles. The molecule has 36 heavy (non-hydrogen) atoms. The van der Waals surface area contributed by atoms with Crippen LogP contribution in [0.25, 0.3) is 0 Å². The second-order valence-electron chi connectivity index (χ2n) is 9.04. The van der Waals surface area contributed by atoms with Crippen LogP contribution in [0, 0.1) is 11.7 Å². The third kappa shape index (κ3) is 6.21. The summed E-state index contributed by atoms with van der Waals surface area (Å²) in [7, 11) is 5.20. The van der Waals surface area contributed by atoms with Crippen molar-refractivity contribution in [1.82, 2.24) is 20.2 Å². The minimum Gasteiger partial charge on any atom is -0.495 e. The molecule has 2 heterocycles. The number of nitrogens with one attached hydrogen (secondary N) is 2. The zero-order chi connectivity index (χ0) is 25.5. The fourth-order valence-electron chi connectivity index (χ4n) is 4.80. The Morgan fingerprint density at radius 2 is 2.17 bits per heavy atom. The molecule has 2 aliphatic rings. The normalized spacial score (nSPS) is 24.3. The van der Waals surface area contributed by atoms with Crippen LogP contribution < -0.4 is 20.1 Å². The van der Waals surface area contributed by atoms with Gasteiger partial charge in [0.2, 0.25) is 18.2 Å². The summed E-state index contributed by atoms with van der Waals surface area (Å²) in [6, 6.07) is 4.94. The third-order valence-electron chi connectivity index (χ3n) is 6.83. The maximum absolute atomic E-state index is 15.0. The fourth-order valence-corrected chi connectivity index (χ4v) is 4.80. The maximum Gasteiger partial charge on any atom is 0.230 e. The van der Waals surface area contributed by atoms with E-state index in [1.165, 1.54) is 13.2 Å². The predicted octanol–water partition coefficient (Wildman–Crippen LogP) is 2.68. The molecule has 2 aromatic rings. The molecule has 1 aliphatic carbocycles. The van der Waals surface area contributed by atoms with Gasteiger partial charge in [-0.2, -0.15) is 4.98 Å². The van der Waals surface area contributed by atoms with E-state index in [0.717, 1.165) is 25.7 Å². The van der Waals surface area contributed by atoms with E-state index in [2.05, 4.69) is 20.6 Å². The smallest absolute Gasteiger partial charge is 0.230 e. The standard InChI is InChI=1S/C25H34FN5O5/c1-27-19-5-4-16(10-21(19)33-2)14-36-24-6-7-28-25(30-24)29-20-12-18(26)17(11-22(20)34-3)23-13-31(15-32)8-9-35-23/h6-7,11-12,15-16,19,21,23,27H,4-5,8-10,13-14H2,1-3H3,(H,28,29,30)/t16-,19-,21-,23?/m1/s1. The third-order valence-corrected chi connectivity index (χ3v) is 6.83. The summed E-state index contributed by atoms with van der Waals surface area (Å²) in [6.07, 6.45) is 4.90. The molecular formula is C25H34FN5O5. The van der Waals surface area contributed by atoms with Crippen molar-refractivity contribution in [3.63, 3.8) is 0 Å². The van der Waals surface area contributed by atoms with Crippen LogP contribution in [0.1, 0.15) is 30.9 Å². The molecule has 10 nitrogen and oxygen atoms in total. The number of carbonyl (C=O) groups is 1. The summed E-state index contributed by atoms with van der Waals surface area (Å²) in [5.74, 6) is 0.976. The van der Waals surface area contributed by atoms with Crippen LogP contribution in [-0.2, 0) is 14.3 Å². The molecule has 1 saturated heterocycles. The molecule has 1 aromatic heterocycles. The molecule has 4 rings (SSSR count). The van der Waals surface area contributed by atoms with Crippen LogP contribution in [0.3, 0.4) is 0 Å². The highest BCUT2D eigenvalue weighted by Gasteiger charge is 2.30. The van der Waals surface area contributed by atoms with Gasteiger partial charge < -0.3 is 34.5 Å². The topological polar surface area (TPSA) is 107 Å². The SMILES string of the molecule is CN[C@@H]1CC[C@@H](COc2ccnc(Nc3cc(F)c(C4CN(C=O)CCO4)cc3OC)n2)C[C@H]1OC. The Balaban J connectivity index is 1.41. The average molecular weight is 504 g/mol. The largest absolute Gasteiger partial charge is 0.495 e. The minimum atomic E-state index is -0.569. The van der Waals surface area contributed by atoms with E-state index in [4.69, 9.17) is 18.9 Å². The van der Waals surface area contributed by atoms with Gasteiger partial charge in [0, 0.05) is 43.6 Å². The van der Waals surface area contributed by atoms with Crippen molar-refractivity contribution in [1.29, 1.82) is 0 Å². The highest BCUT2D eigenvalue weighted by atomic mass is 19.1. The molecule has 1 amide bonds. The van der Waals surface area contributed by atoms with Gasteiger partial charge in [-0.3, -0.25) is 4.79 Å². The first kappa shape index (κ1) is 26.1. The molecule has 0 bridgehead atoms. The van der Waals surface area contributed by atoms with Gasteiger partial charge in [-0.15, -0.1) is 0 Å². The second kappa shape index (κ2) is 12.3. The van der Waals surface area contributed by atoms with Crippen LogP contribution in [0.5, 0.6) is 11.6 Å². The molecule has 0 radical (unpaired) electrons. The molecule has 2 fully saturated rings. The van der Waals surface area contributed by atoms with E-state index >= 15 is 4.39 Å². The molecule has 0 spiro atoms. The molecule has 1 saturated carbocycles. The molecule has 2 N–H and O–H groups in total. The Morgan fingerprint density at radius 1 is 1.31 bits per heavy atom. The summed E-state index contributed by atoms with van der Waals surface area (Å²) < 4.78 is 37.8. The van der Waals surface area contributed by atoms with Crippen molar-refractivity contribution < 1.29 is 28.1 Å². The minimum absolute atomic E-state index is 0.158. The zero-order valence-corrected chi connectivity index (χ0v) is 20.9. The Kier molecular flexibility index (Phi) is 8.89. The van der Waals surface area contributed by atoms with Crippen LogP contribution in [0.4, 0.5) is 16.0 Å². The van der Waals surface area contributed by atoms with E-state index in [9.17, 15) is 4.79 Å². The number of carbonyl (C=O) groups excluding carboxylic acids is 1. The van der Waals surface area contributed by atoms with Gasteiger partial charge in [-0.25, -0.2) is 9.37 Å². The van der Waals surface area contributed by atoms with E-state index in [1.807, 2.05) is 7.05 Å². The monoisotopic (exact) mass is 503 g/mol. The highest BCUT2D eigenvalue weighted by molar-refractivity contribution is 5.64. The number of aromatic nitrogens is 2. The molecule has 196 valence electrons. The number of hydrogen-bond donors (Lipinski definition) is 2. The molecule has 4 atom stereocenters. The van der Waals surface area contributed by atoms with Gasteiger partial charge in [-0.05, 0) is 38.3 Å². The van der Waals surface area contributed by atoms with Crippen molar-refractivity contribution in [3.8, 4) is 11.6 Å².